The number of rotatable bonds is 6. The Labute approximate surface area is 180 Å². The first-order chi connectivity index (χ1) is 14.3. The number of hydrogen-bond donors (Lipinski definition) is 1. The molecule has 0 unspecified atom stereocenters. The van der Waals surface area contributed by atoms with E-state index >= 15 is 0 Å². The number of esters is 1. The molecule has 1 N–H and O–H groups in total. The van der Waals surface area contributed by atoms with E-state index in [1.54, 1.807) is 6.92 Å². The summed E-state index contributed by atoms with van der Waals surface area (Å²) in [6.45, 7) is 1.99. The first kappa shape index (κ1) is 22.3. The largest absolute Gasteiger partial charge is 0.469 e. The molecule has 10 heteroatoms. The summed E-state index contributed by atoms with van der Waals surface area (Å²) >= 11 is 6.12. The Morgan fingerprint density at radius 1 is 1.17 bits per heavy atom. The molecule has 1 saturated heterocycles. The third-order valence-electron chi connectivity index (χ3n) is 4.83. The highest BCUT2D eigenvalue weighted by Crippen LogP contribution is 2.28. The maximum absolute atomic E-state index is 13.0. The fraction of sp³-hybridized carbons (Fsp3) is 0.400. The lowest BCUT2D eigenvalue weighted by atomic mass is 10.2. The highest BCUT2D eigenvalue weighted by molar-refractivity contribution is 7.89. The number of sulfonamides is 1. The first-order valence-electron chi connectivity index (χ1n) is 9.60. The van der Waals surface area contributed by atoms with E-state index in [1.807, 2.05) is 0 Å². The molecule has 0 spiro atoms. The van der Waals surface area contributed by atoms with Gasteiger partial charge in [-0.15, -0.1) is 0 Å². The van der Waals surface area contributed by atoms with Crippen LogP contribution >= 0.6 is 11.6 Å². The zero-order chi connectivity index (χ0) is 21.7. The molecule has 1 aliphatic heterocycles. The van der Waals surface area contributed by atoms with Crippen LogP contribution in [0.15, 0.2) is 39.8 Å². The van der Waals surface area contributed by atoms with Crippen LogP contribution < -0.4 is 5.32 Å². The Morgan fingerprint density at radius 3 is 2.50 bits per heavy atom. The summed E-state index contributed by atoms with van der Waals surface area (Å²) in [7, 11) is -3.69. The van der Waals surface area contributed by atoms with Crippen LogP contribution in [0.1, 0.15) is 41.8 Å². The molecule has 0 saturated carbocycles. The number of anilines is 1. The normalized spacial score (nSPS) is 15.4. The van der Waals surface area contributed by atoms with Gasteiger partial charge in [0.05, 0.1) is 21.9 Å². The van der Waals surface area contributed by atoms with Crippen molar-refractivity contribution in [2.24, 2.45) is 0 Å². The quantitative estimate of drug-likeness (QED) is 0.668. The lowest BCUT2D eigenvalue weighted by molar-refractivity contribution is -0.119. The van der Waals surface area contributed by atoms with Crippen molar-refractivity contribution in [3.63, 3.8) is 0 Å². The maximum Gasteiger partial charge on any atom is 0.342 e. The molecule has 8 nitrogen and oxygen atoms in total. The van der Waals surface area contributed by atoms with Crippen molar-refractivity contribution in [1.29, 1.82) is 0 Å². The molecule has 2 heterocycles. The number of benzene rings is 1. The number of carbonyl (C=O) groups excluding carboxylic acids is 2. The van der Waals surface area contributed by atoms with Crippen LogP contribution in [0.2, 0.25) is 5.02 Å². The van der Waals surface area contributed by atoms with Crippen molar-refractivity contribution < 1.29 is 27.2 Å². The zero-order valence-corrected chi connectivity index (χ0v) is 18.1. The van der Waals surface area contributed by atoms with E-state index in [-0.39, 0.29) is 21.2 Å². The molecule has 30 heavy (non-hydrogen) atoms. The molecule has 1 aliphatic rings. The third kappa shape index (κ3) is 5.21. The molecular weight excluding hydrogens is 432 g/mol. The Hall–Kier alpha value is -2.36. The number of nitrogens with one attached hydrogen (secondary N) is 1. The van der Waals surface area contributed by atoms with Crippen molar-refractivity contribution in [2.75, 3.05) is 25.0 Å². The molecule has 1 fully saturated rings. The van der Waals surface area contributed by atoms with E-state index in [4.69, 9.17) is 20.8 Å². The van der Waals surface area contributed by atoms with E-state index in [0.717, 1.165) is 25.7 Å². The summed E-state index contributed by atoms with van der Waals surface area (Å²) in [6.07, 6.45) is 4.99. The molecule has 3 rings (SSSR count). The van der Waals surface area contributed by atoms with Gasteiger partial charge >= 0.3 is 5.97 Å². The average Bonchev–Trinajstić information content (AvgIpc) is 2.96. The van der Waals surface area contributed by atoms with E-state index < -0.39 is 28.5 Å². The van der Waals surface area contributed by atoms with Gasteiger partial charge in [0.2, 0.25) is 10.0 Å². The second kappa shape index (κ2) is 9.63. The van der Waals surface area contributed by atoms with E-state index in [0.29, 0.717) is 18.8 Å². The molecule has 2 aromatic rings. The van der Waals surface area contributed by atoms with Crippen molar-refractivity contribution in [2.45, 2.75) is 37.5 Å². The van der Waals surface area contributed by atoms with E-state index in [9.17, 15) is 18.0 Å². The number of aryl methyl sites for hydroxylation is 1. The molecule has 162 valence electrons. The number of ether oxygens (including phenoxy) is 1. The summed E-state index contributed by atoms with van der Waals surface area (Å²) in [5.41, 5.74) is 0.361. The number of amides is 1. The predicted octanol–water partition coefficient (Wildman–Crippen LogP) is 3.60. The van der Waals surface area contributed by atoms with Crippen LogP contribution in [0.5, 0.6) is 0 Å². The van der Waals surface area contributed by atoms with Gasteiger partial charge in [0.15, 0.2) is 6.61 Å². The topological polar surface area (TPSA) is 106 Å². The highest BCUT2D eigenvalue weighted by atomic mass is 35.5. The number of halogens is 1. The minimum atomic E-state index is -3.69. The standard InChI is InChI=1S/C20H23ClN2O6S/c1-14-16(8-11-28-14)20(25)29-13-19(24)22-18-12-15(6-7-17(18)21)30(26,27)23-9-4-2-3-5-10-23/h6-8,11-12H,2-5,9-10,13H2,1H3,(H,22,24). The Balaban J connectivity index is 1.68. The third-order valence-corrected chi connectivity index (χ3v) is 7.05. The molecular formula is C20H23ClN2O6S. The van der Waals surface area contributed by atoms with Gasteiger partial charge in [0, 0.05) is 13.1 Å². The number of nitrogens with zero attached hydrogens (tertiary/aromatic N) is 1. The molecule has 1 aromatic heterocycles. The summed E-state index contributed by atoms with van der Waals surface area (Å²) in [6, 6.07) is 5.61. The van der Waals surface area contributed by atoms with Gasteiger partial charge in [-0.25, -0.2) is 13.2 Å². The fourth-order valence-corrected chi connectivity index (χ4v) is 4.89. The maximum atomic E-state index is 13.0. The molecule has 0 aliphatic carbocycles. The lowest BCUT2D eigenvalue weighted by Crippen LogP contribution is -2.32. The highest BCUT2D eigenvalue weighted by Gasteiger charge is 2.26. The zero-order valence-electron chi connectivity index (χ0n) is 16.5. The van der Waals surface area contributed by atoms with E-state index in [1.165, 1.54) is 34.8 Å². The van der Waals surface area contributed by atoms with Crippen LogP contribution in [-0.2, 0) is 19.6 Å². The predicted molar refractivity (Wildman–Crippen MR) is 111 cm³/mol. The van der Waals surface area contributed by atoms with Crippen molar-refractivity contribution in [1.82, 2.24) is 4.31 Å². The number of carbonyl (C=O) groups is 2. The van der Waals surface area contributed by atoms with Gasteiger partial charge in [-0.1, -0.05) is 24.4 Å². The van der Waals surface area contributed by atoms with E-state index in [2.05, 4.69) is 5.32 Å². The van der Waals surface area contributed by atoms with Crippen LogP contribution in [0.4, 0.5) is 5.69 Å². The van der Waals surface area contributed by atoms with Crippen LogP contribution in [-0.4, -0.2) is 44.3 Å². The Kier molecular flexibility index (Phi) is 7.17. The monoisotopic (exact) mass is 454 g/mol. The smallest absolute Gasteiger partial charge is 0.342 e. The van der Waals surface area contributed by atoms with Gasteiger partial charge in [-0.2, -0.15) is 4.31 Å². The van der Waals surface area contributed by atoms with Gasteiger partial charge in [0.25, 0.3) is 5.91 Å². The SMILES string of the molecule is Cc1occc1C(=O)OCC(=O)Nc1cc(S(=O)(=O)N2CCCCCC2)ccc1Cl. The van der Waals surface area contributed by atoms with Crippen molar-refractivity contribution in [3.05, 3.63) is 46.9 Å². The van der Waals surface area contributed by atoms with Crippen LogP contribution in [0.25, 0.3) is 0 Å². The molecule has 1 aromatic carbocycles. The first-order valence-corrected chi connectivity index (χ1v) is 11.4. The summed E-state index contributed by atoms with van der Waals surface area (Å²) in [4.78, 5) is 24.2. The summed E-state index contributed by atoms with van der Waals surface area (Å²) in [5, 5.41) is 2.67. The van der Waals surface area contributed by atoms with Gasteiger partial charge < -0.3 is 14.5 Å². The minimum Gasteiger partial charge on any atom is -0.469 e. The Bertz CT molecular complexity index is 1030. The second-order valence-electron chi connectivity index (χ2n) is 6.97. The van der Waals surface area contributed by atoms with Gasteiger partial charge in [-0.3, -0.25) is 4.79 Å². The van der Waals surface area contributed by atoms with Crippen LogP contribution in [0, 0.1) is 6.92 Å². The summed E-state index contributed by atoms with van der Waals surface area (Å²) < 4.78 is 37.4. The molecule has 0 atom stereocenters. The Morgan fingerprint density at radius 2 is 1.87 bits per heavy atom. The second-order valence-corrected chi connectivity index (χ2v) is 9.32. The fourth-order valence-electron chi connectivity index (χ4n) is 3.18. The summed E-state index contributed by atoms with van der Waals surface area (Å²) in [5.74, 6) is -0.953. The minimum absolute atomic E-state index is 0.0510. The van der Waals surface area contributed by atoms with Gasteiger partial charge in [0.1, 0.15) is 11.3 Å². The molecule has 0 radical (unpaired) electrons. The van der Waals surface area contributed by atoms with Crippen molar-refractivity contribution in [3.8, 4) is 0 Å². The van der Waals surface area contributed by atoms with Gasteiger partial charge in [-0.05, 0) is 44.0 Å². The van der Waals surface area contributed by atoms with Crippen LogP contribution in [0.3, 0.4) is 0 Å². The molecule has 0 bridgehead atoms. The average molecular weight is 455 g/mol. The number of hydrogen-bond acceptors (Lipinski definition) is 6. The van der Waals surface area contributed by atoms with Crippen molar-refractivity contribution >= 4 is 39.2 Å². The lowest BCUT2D eigenvalue weighted by Gasteiger charge is -2.20. The number of furan rings is 1. The molecule has 1 amide bonds.